The second-order valence-corrected chi connectivity index (χ2v) is 6.78. The number of phenols is 1. The number of hydrogen-bond donors (Lipinski definition) is 1. The Labute approximate surface area is 116 Å². The van der Waals surface area contributed by atoms with Gasteiger partial charge in [-0.2, -0.15) is 0 Å². The zero-order valence-electron chi connectivity index (χ0n) is 10.5. The molecule has 0 spiro atoms. The third kappa shape index (κ3) is 2.24. The van der Waals surface area contributed by atoms with Crippen LogP contribution in [0, 0.1) is 0 Å². The average Bonchev–Trinajstić information content (AvgIpc) is 2.74. The van der Waals surface area contributed by atoms with Gasteiger partial charge in [0, 0.05) is 0 Å². The smallest absolute Gasteiger partial charge is 0.231 e. The molecule has 1 atom stereocenters. The Balaban J connectivity index is 1.71. The van der Waals surface area contributed by atoms with E-state index in [1.165, 1.54) is 30.3 Å². The molecule has 2 saturated heterocycles. The van der Waals surface area contributed by atoms with E-state index < -0.39 is 9.84 Å². The molecule has 0 bridgehead atoms. The molecule has 0 aliphatic carbocycles. The molecule has 20 heavy (non-hydrogen) atoms. The van der Waals surface area contributed by atoms with Crippen LogP contribution in [-0.4, -0.2) is 42.9 Å². The van der Waals surface area contributed by atoms with E-state index in [1.54, 1.807) is 4.90 Å². The minimum Gasteiger partial charge on any atom is -0.508 e. The quantitative estimate of drug-likeness (QED) is 0.827. The number of sulfone groups is 1. The fourth-order valence-corrected chi connectivity index (χ4v) is 3.31. The molecule has 7 heteroatoms. The van der Waals surface area contributed by atoms with Crippen LogP contribution < -0.4 is 0 Å². The first-order chi connectivity index (χ1) is 9.45. The maximum atomic E-state index is 12.1. The molecule has 2 fully saturated rings. The van der Waals surface area contributed by atoms with Gasteiger partial charge in [-0.15, -0.1) is 0 Å². The number of nitrogens with zero attached hydrogens (tertiary/aromatic N) is 1. The van der Waals surface area contributed by atoms with Gasteiger partial charge in [-0.05, 0) is 30.3 Å². The van der Waals surface area contributed by atoms with E-state index >= 15 is 0 Å². The second-order valence-electron chi connectivity index (χ2n) is 4.74. The van der Waals surface area contributed by atoms with E-state index in [0.29, 0.717) is 18.7 Å². The second kappa shape index (κ2) is 4.52. The van der Waals surface area contributed by atoms with Crippen molar-refractivity contribution < 1.29 is 23.1 Å². The zero-order chi connectivity index (χ0) is 14.3. The Kier molecular flexibility index (Phi) is 2.93. The molecule has 1 aromatic rings. The predicted octanol–water partition coefficient (Wildman–Crippen LogP) is 0.638. The van der Waals surface area contributed by atoms with Gasteiger partial charge >= 0.3 is 0 Å². The lowest BCUT2D eigenvalue weighted by Gasteiger charge is -2.30. The number of hydrogen-bond acceptors (Lipinski definition) is 5. The molecule has 0 aromatic heterocycles. The number of carbonyl (C=O) groups excluding carboxylic acids is 1. The van der Waals surface area contributed by atoms with E-state index in [1.807, 2.05) is 0 Å². The largest absolute Gasteiger partial charge is 0.508 e. The fraction of sp³-hybridized carbons (Fsp3) is 0.308. The van der Waals surface area contributed by atoms with Gasteiger partial charge in [0.1, 0.15) is 11.5 Å². The van der Waals surface area contributed by atoms with Crippen LogP contribution in [0.25, 0.3) is 0 Å². The highest BCUT2D eigenvalue weighted by Gasteiger charge is 2.43. The predicted molar refractivity (Wildman–Crippen MR) is 69.4 cm³/mol. The van der Waals surface area contributed by atoms with Crippen LogP contribution in [0.15, 0.2) is 41.0 Å². The lowest BCUT2D eigenvalue weighted by atomic mass is 10.2. The van der Waals surface area contributed by atoms with Crippen LogP contribution >= 0.6 is 0 Å². The lowest BCUT2D eigenvalue weighted by molar-refractivity contribution is -0.154. The fourth-order valence-electron chi connectivity index (χ4n) is 2.17. The number of aromatic hydroxyl groups is 1. The monoisotopic (exact) mass is 295 g/mol. The molecule has 2 heterocycles. The van der Waals surface area contributed by atoms with Crippen molar-refractivity contribution in [2.45, 2.75) is 17.5 Å². The van der Waals surface area contributed by atoms with Crippen LogP contribution in [0.3, 0.4) is 0 Å². The molecule has 0 saturated carbocycles. The van der Waals surface area contributed by atoms with Crippen molar-refractivity contribution in [1.29, 1.82) is 0 Å². The van der Waals surface area contributed by atoms with Gasteiger partial charge in [0.25, 0.3) is 0 Å². The van der Waals surface area contributed by atoms with Crippen LogP contribution in [0.5, 0.6) is 5.75 Å². The number of benzene rings is 1. The Hall–Kier alpha value is -2.02. The van der Waals surface area contributed by atoms with Gasteiger partial charge in [-0.25, -0.2) is 8.42 Å². The van der Waals surface area contributed by atoms with Gasteiger partial charge in [-0.1, -0.05) is 0 Å². The van der Waals surface area contributed by atoms with E-state index in [0.717, 1.165) is 0 Å². The number of carbonyl (C=O) groups is 1. The normalized spacial score (nSPS) is 23.4. The van der Waals surface area contributed by atoms with Gasteiger partial charge < -0.3 is 9.84 Å². The van der Waals surface area contributed by atoms with E-state index in [9.17, 15) is 13.2 Å². The van der Waals surface area contributed by atoms with Crippen molar-refractivity contribution in [1.82, 2.24) is 4.90 Å². The molecular weight excluding hydrogens is 282 g/mol. The molecule has 6 nitrogen and oxygen atoms in total. The minimum atomic E-state index is -3.46. The number of ether oxygens (including phenoxy) is 1. The minimum absolute atomic E-state index is 0.0179. The summed E-state index contributed by atoms with van der Waals surface area (Å²) in [4.78, 5) is 12.9. The summed E-state index contributed by atoms with van der Waals surface area (Å²) in [5.74, 6) is 0.370. The van der Waals surface area contributed by atoms with Gasteiger partial charge in [0.15, 0.2) is 16.1 Å². The highest BCUT2D eigenvalue weighted by atomic mass is 32.2. The molecular formula is C13H13NO5S. The van der Waals surface area contributed by atoms with Crippen molar-refractivity contribution in [3.05, 3.63) is 36.1 Å². The van der Waals surface area contributed by atoms with Crippen molar-refractivity contribution >= 4 is 15.7 Å². The summed E-state index contributed by atoms with van der Waals surface area (Å²) >= 11 is 0. The lowest BCUT2D eigenvalue weighted by Crippen LogP contribution is -2.48. The molecule has 1 amide bonds. The number of rotatable bonds is 3. The first-order valence-corrected chi connectivity index (χ1v) is 7.78. The summed E-state index contributed by atoms with van der Waals surface area (Å²) in [6.07, 6.45) is 1.64. The zero-order valence-corrected chi connectivity index (χ0v) is 11.3. The summed E-state index contributed by atoms with van der Waals surface area (Å²) in [6.45, 7) is 0.342. The Bertz CT molecular complexity index is 677. The van der Waals surface area contributed by atoms with E-state index in [-0.39, 0.29) is 28.5 Å². The Morgan fingerprint density at radius 3 is 2.65 bits per heavy atom. The number of phenolic OH excluding ortho intramolecular Hbond substituents is 1. The van der Waals surface area contributed by atoms with Crippen molar-refractivity contribution in [3.8, 4) is 5.75 Å². The van der Waals surface area contributed by atoms with Crippen LogP contribution in [-0.2, 0) is 19.4 Å². The molecule has 2 aliphatic heterocycles. The van der Waals surface area contributed by atoms with Gasteiger partial charge in [0.2, 0.25) is 5.91 Å². The third-order valence-corrected chi connectivity index (χ3v) is 4.95. The summed E-state index contributed by atoms with van der Waals surface area (Å²) in [5.41, 5.74) is 0. The van der Waals surface area contributed by atoms with Crippen LogP contribution in [0.2, 0.25) is 0 Å². The maximum Gasteiger partial charge on any atom is 0.231 e. The van der Waals surface area contributed by atoms with Gasteiger partial charge in [0.05, 0.1) is 23.6 Å². The Morgan fingerprint density at radius 2 is 2.05 bits per heavy atom. The van der Waals surface area contributed by atoms with Crippen LogP contribution in [0.4, 0.5) is 0 Å². The molecule has 1 aromatic carbocycles. The van der Waals surface area contributed by atoms with Gasteiger partial charge in [-0.3, -0.25) is 9.69 Å². The Morgan fingerprint density at radius 1 is 1.35 bits per heavy atom. The molecule has 106 valence electrons. The highest BCUT2D eigenvalue weighted by Crippen LogP contribution is 2.30. The van der Waals surface area contributed by atoms with E-state index in [4.69, 9.17) is 9.84 Å². The molecule has 0 radical (unpaired) electrons. The average molecular weight is 295 g/mol. The molecule has 2 aliphatic rings. The summed E-state index contributed by atoms with van der Waals surface area (Å²) in [6, 6.07) is 5.37. The summed E-state index contributed by atoms with van der Waals surface area (Å²) in [7, 11) is -3.46. The number of amides is 1. The third-order valence-electron chi connectivity index (χ3n) is 3.36. The maximum absolute atomic E-state index is 12.1. The van der Waals surface area contributed by atoms with E-state index in [2.05, 4.69) is 0 Å². The summed E-state index contributed by atoms with van der Waals surface area (Å²) in [5, 5.41) is 9.15. The standard InChI is InChI=1S/C13H13NO5S/c15-9-1-3-11(4-2-9)20(17,18)6-5-10-8-14-12(16)7-13(14)19-10/h1-5,13,15H,6-8H2/b10-5-. The topological polar surface area (TPSA) is 83.9 Å². The SMILES string of the molecule is O=C1CC2O/C(=C\CS(=O)(=O)c3ccc(O)cc3)CN12. The van der Waals surface area contributed by atoms with Crippen molar-refractivity contribution in [3.63, 3.8) is 0 Å². The summed E-state index contributed by atoms with van der Waals surface area (Å²) < 4.78 is 29.6. The number of β-lactam (4-membered cyclic amide) rings is 1. The molecule has 1 unspecified atom stereocenters. The van der Waals surface area contributed by atoms with Crippen molar-refractivity contribution in [2.24, 2.45) is 0 Å². The molecule has 1 N–H and O–H groups in total. The van der Waals surface area contributed by atoms with Crippen LogP contribution in [0.1, 0.15) is 6.42 Å². The molecule has 3 rings (SSSR count). The first-order valence-electron chi connectivity index (χ1n) is 6.13. The number of fused-ring (bicyclic) bond motifs is 1. The van der Waals surface area contributed by atoms with Crippen molar-refractivity contribution in [2.75, 3.05) is 12.3 Å². The first kappa shape index (κ1) is 13.0. The highest BCUT2D eigenvalue weighted by molar-refractivity contribution is 7.91.